The summed E-state index contributed by atoms with van der Waals surface area (Å²) in [6.45, 7) is 5.06. The Morgan fingerprint density at radius 3 is 2.59 bits per heavy atom. The van der Waals surface area contributed by atoms with E-state index in [0.29, 0.717) is 42.1 Å². The monoisotopic (exact) mass is 396 g/mol. The fourth-order valence-electron chi connectivity index (χ4n) is 3.95. The Hall–Kier alpha value is -2.67. The van der Waals surface area contributed by atoms with Crippen LogP contribution in [0.5, 0.6) is 11.6 Å². The van der Waals surface area contributed by atoms with Crippen molar-refractivity contribution in [1.29, 1.82) is 0 Å². The van der Waals surface area contributed by atoms with Gasteiger partial charge in [0, 0.05) is 37.1 Å². The number of nitrogens with one attached hydrogen (secondary N) is 1. The zero-order valence-electron chi connectivity index (χ0n) is 16.8. The third-order valence-electron chi connectivity index (χ3n) is 5.72. The Kier molecular flexibility index (Phi) is 6.24. The highest BCUT2D eigenvalue weighted by Gasteiger charge is 2.23. The van der Waals surface area contributed by atoms with E-state index in [1.54, 1.807) is 36.7 Å². The molecule has 0 unspecified atom stereocenters. The lowest BCUT2D eigenvalue weighted by Gasteiger charge is -2.29. The van der Waals surface area contributed by atoms with Crippen LogP contribution in [0.15, 0.2) is 36.7 Å². The van der Waals surface area contributed by atoms with Crippen molar-refractivity contribution in [2.75, 3.05) is 31.2 Å². The minimum atomic E-state index is -0.0243. The molecule has 1 N–H and O–H groups in total. The molecule has 7 heteroatoms. The second-order valence-electron chi connectivity index (χ2n) is 7.75. The highest BCUT2D eigenvalue weighted by molar-refractivity contribution is 5.94. The average molecular weight is 396 g/mol. The summed E-state index contributed by atoms with van der Waals surface area (Å²) in [6, 6.07) is 7.46. The summed E-state index contributed by atoms with van der Waals surface area (Å²) in [4.78, 5) is 23.5. The molecular weight excluding hydrogens is 368 g/mol. The molecule has 1 amide bonds. The Balaban J connectivity index is 1.41. The predicted octanol–water partition coefficient (Wildman–Crippen LogP) is 3.41. The van der Waals surface area contributed by atoms with Gasteiger partial charge in [-0.1, -0.05) is 19.8 Å². The van der Waals surface area contributed by atoms with Gasteiger partial charge in [0.25, 0.3) is 11.8 Å². The number of rotatable bonds is 5. The van der Waals surface area contributed by atoms with Crippen LogP contribution in [-0.4, -0.2) is 48.2 Å². The Labute approximate surface area is 171 Å². The molecule has 154 valence electrons. The molecule has 0 spiro atoms. The minimum Gasteiger partial charge on any atom is -0.436 e. The summed E-state index contributed by atoms with van der Waals surface area (Å²) in [7, 11) is 0. The van der Waals surface area contributed by atoms with E-state index < -0.39 is 0 Å². The number of benzene rings is 1. The first kappa shape index (κ1) is 19.6. The van der Waals surface area contributed by atoms with E-state index in [4.69, 9.17) is 9.47 Å². The smallest absolute Gasteiger partial charge is 0.263 e. The molecule has 7 nitrogen and oxygen atoms in total. The van der Waals surface area contributed by atoms with Crippen LogP contribution in [0, 0.1) is 5.92 Å². The number of morpholine rings is 1. The van der Waals surface area contributed by atoms with Gasteiger partial charge < -0.3 is 19.7 Å². The zero-order chi connectivity index (χ0) is 20.1. The molecule has 2 heterocycles. The highest BCUT2D eigenvalue weighted by Crippen LogP contribution is 2.29. The summed E-state index contributed by atoms with van der Waals surface area (Å²) in [6.07, 6.45) is 7.97. The molecule has 4 rings (SSSR count). The molecule has 0 radical (unpaired) electrons. The zero-order valence-corrected chi connectivity index (χ0v) is 16.8. The van der Waals surface area contributed by atoms with Crippen LogP contribution in [0.2, 0.25) is 0 Å². The average Bonchev–Trinajstić information content (AvgIpc) is 2.77. The van der Waals surface area contributed by atoms with Gasteiger partial charge in [0.15, 0.2) is 5.82 Å². The lowest BCUT2D eigenvalue weighted by atomic mass is 9.86. The van der Waals surface area contributed by atoms with Crippen LogP contribution in [0.1, 0.15) is 43.0 Å². The van der Waals surface area contributed by atoms with Crippen LogP contribution in [0.3, 0.4) is 0 Å². The van der Waals surface area contributed by atoms with E-state index in [2.05, 4.69) is 27.1 Å². The van der Waals surface area contributed by atoms with E-state index in [1.807, 2.05) is 0 Å². The van der Waals surface area contributed by atoms with Crippen molar-refractivity contribution in [2.45, 2.75) is 38.6 Å². The minimum absolute atomic E-state index is 0.0243. The summed E-state index contributed by atoms with van der Waals surface area (Å²) < 4.78 is 11.4. The first-order valence-electron chi connectivity index (χ1n) is 10.4. The van der Waals surface area contributed by atoms with Crippen LogP contribution >= 0.6 is 0 Å². The van der Waals surface area contributed by atoms with Crippen molar-refractivity contribution >= 4 is 11.7 Å². The Bertz CT molecular complexity index is 821. The lowest BCUT2D eigenvalue weighted by molar-refractivity contribution is 0.0910. The number of nitrogens with zero attached hydrogens (tertiary/aromatic N) is 3. The van der Waals surface area contributed by atoms with Gasteiger partial charge >= 0.3 is 0 Å². The van der Waals surface area contributed by atoms with Gasteiger partial charge in [-0.3, -0.25) is 4.79 Å². The second kappa shape index (κ2) is 9.22. The van der Waals surface area contributed by atoms with Crippen molar-refractivity contribution in [3.8, 4) is 11.6 Å². The molecule has 1 saturated carbocycles. The van der Waals surface area contributed by atoms with E-state index in [0.717, 1.165) is 19.5 Å². The summed E-state index contributed by atoms with van der Waals surface area (Å²) in [5, 5.41) is 3.19. The standard InChI is InChI=1S/C22H28N4O3/c1-16-4-2-3-5-19(16)25-21(27)17-6-8-18(9-7-17)29-22-20(23-10-11-24-22)26-12-14-28-15-13-26/h6-11,16,19H,2-5,12-15H2,1H3,(H,25,27)/t16-,19-/m1/s1. The number of hydrogen-bond donors (Lipinski definition) is 1. The SMILES string of the molecule is C[C@@H]1CCCC[C@H]1NC(=O)c1ccc(Oc2nccnc2N2CCOCC2)cc1. The number of amides is 1. The molecule has 2 fully saturated rings. The molecular formula is C22H28N4O3. The molecule has 2 atom stereocenters. The summed E-state index contributed by atoms with van der Waals surface area (Å²) in [5.74, 6) is 2.31. The highest BCUT2D eigenvalue weighted by atomic mass is 16.5. The third-order valence-corrected chi connectivity index (χ3v) is 5.72. The number of carbonyl (C=O) groups excluding carboxylic acids is 1. The van der Waals surface area contributed by atoms with Crippen LogP contribution in [0.25, 0.3) is 0 Å². The maximum absolute atomic E-state index is 12.6. The predicted molar refractivity (Wildman–Crippen MR) is 110 cm³/mol. The van der Waals surface area contributed by atoms with Crippen molar-refractivity contribution in [3.05, 3.63) is 42.2 Å². The normalized spacial score (nSPS) is 22.2. The molecule has 1 aromatic carbocycles. The maximum atomic E-state index is 12.6. The number of aromatic nitrogens is 2. The van der Waals surface area contributed by atoms with Crippen LogP contribution < -0.4 is 15.0 Å². The summed E-state index contributed by atoms with van der Waals surface area (Å²) in [5.41, 5.74) is 0.641. The first-order valence-corrected chi connectivity index (χ1v) is 10.4. The molecule has 1 saturated heterocycles. The van der Waals surface area contributed by atoms with Gasteiger partial charge in [-0.2, -0.15) is 0 Å². The molecule has 1 aliphatic carbocycles. The largest absolute Gasteiger partial charge is 0.436 e. The van der Waals surface area contributed by atoms with E-state index >= 15 is 0 Å². The number of carbonyl (C=O) groups is 1. The van der Waals surface area contributed by atoms with Crippen molar-refractivity contribution in [2.24, 2.45) is 5.92 Å². The summed E-state index contributed by atoms with van der Waals surface area (Å²) >= 11 is 0. The van der Waals surface area contributed by atoms with Gasteiger partial charge in [0.05, 0.1) is 13.2 Å². The van der Waals surface area contributed by atoms with Crippen molar-refractivity contribution in [3.63, 3.8) is 0 Å². The number of hydrogen-bond acceptors (Lipinski definition) is 6. The van der Waals surface area contributed by atoms with Gasteiger partial charge in [-0.05, 0) is 43.0 Å². The first-order chi connectivity index (χ1) is 14.2. The molecule has 1 aromatic heterocycles. The van der Waals surface area contributed by atoms with Gasteiger partial charge in [-0.25, -0.2) is 9.97 Å². The Morgan fingerprint density at radius 2 is 1.83 bits per heavy atom. The fourth-order valence-corrected chi connectivity index (χ4v) is 3.95. The van der Waals surface area contributed by atoms with Crippen LogP contribution in [0.4, 0.5) is 5.82 Å². The van der Waals surface area contributed by atoms with Gasteiger partial charge in [0.2, 0.25) is 0 Å². The van der Waals surface area contributed by atoms with Gasteiger partial charge in [0.1, 0.15) is 5.75 Å². The van der Waals surface area contributed by atoms with Gasteiger partial charge in [-0.15, -0.1) is 0 Å². The molecule has 0 bridgehead atoms. The van der Waals surface area contributed by atoms with E-state index in [-0.39, 0.29) is 11.9 Å². The van der Waals surface area contributed by atoms with Crippen molar-refractivity contribution in [1.82, 2.24) is 15.3 Å². The third kappa shape index (κ3) is 4.85. The Morgan fingerprint density at radius 1 is 1.10 bits per heavy atom. The molecule has 29 heavy (non-hydrogen) atoms. The number of ether oxygens (including phenoxy) is 2. The van der Waals surface area contributed by atoms with E-state index in [1.165, 1.54) is 19.3 Å². The molecule has 1 aliphatic heterocycles. The molecule has 2 aliphatic rings. The van der Waals surface area contributed by atoms with Crippen molar-refractivity contribution < 1.29 is 14.3 Å². The second-order valence-corrected chi connectivity index (χ2v) is 7.75. The molecule has 2 aromatic rings. The topological polar surface area (TPSA) is 76.6 Å². The van der Waals surface area contributed by atoms with E-state index in [9.17, 15) is 4.79 Å². The van der Waals surface area contributed by atoms with Crippen LogP contribution in [-0.2, 0) is 4.74 Å². The fraction of sp³-hybridized carbons (Fsp3) is 0.500. The maximum Gasteiger partial charge on any atom is 0.263 e. The quantitative estimate of drug-likeness (QED) is 0.835. The number of anilines is 1. The lowest BCUT2D eigenvalue weighted by Crippen LogP contribution is -2.41.